The van der Waals surface area contributed by atoms with Gasteiger partial charge in [0.15, 0.2) is 0 Å². The van der Waals surface area contributed by atoms with Gasteiger partial charge < -0.3 is 25.2 Å². The Balaban J connectivity index is 1.54. The van der Waals surface area contributed by atoms with Crippen molar-refractivity contribution in [2.45, 2.75) is 45.1 Å². The second-order valence-electron chi connectivity index (χ2n) is 9.04. The van der Waals surface area contributed by atoms with Crippen LogP contribution in [-0.4, -0.2) is 55.5 Å². The quantitative estimate of drug-likeness (QED) is 0.373. The molecule has 188 valence electrons. The molecule has 8 nitrogen and oxygen atoms in total. The van der Waals surface area contributed by atoms with E-state index in [1.54, 1.807) is 0 Å². The number of alkyl carbamates (subject to hydrolysis) is 1. The van der Waals surface area contributed by atoms with Crippen molar-refractivity contribution in [1.82, 2.24) is 10.6 Å². The van der Waals surface area contributed by atoms with Gasteiger partial charge in [-0.2, -0.15) is 0 Å². The normalized spacial score (nSPS) is 13.1. The lowest BCUT2D eigenvalue weighted by Crippen LogP contribution is -2.47. The van der Waals surface area contributed by atoms with Gasteiger partial charge in [-0.3, -0.25) is 9.59 Å². The SMILES string of the molecule is CC(C)CCC(NC(=O)OCC1c2ccccc2-c2ccccc21)C(=O)NCCOCCC(=O)O. The number of hydrogen-bond acceptors (Lipinski definition) is 5. The molecule has 1 unspecified atom stereocenters. The maximum atomic E-state index is 12.7. The van der Waals surface area contributed by atoms with E-state index in [1.165, 1.54) is 0 Å². The van der Waals surface area contributed by atoms with E-state index < -0.39 is 18.1 Å². The average molecular weight is 483 g/mol. The minimum Gasteiger partial charge on any atom is -0.481 e. The molecule has 2 aromatic carbocycles. The van der Waals surface area contributed by atoms with Crippen molar-refractivity contribution in [3.8, 4) is 11.1 Å². The number of aliphatic carboxylic acids is 1. The number of carbonyl (C=O) groups is 3. The molecule has 35 heavy (non-hydrogen) atoms. The molecular formula is C27H34N2O6. The van der Waals surface area contributed by atoms with Crippen LogP contribution in [0, 0.1) is 5.92 Å². The summed E-state index contributed by atoms with van der Waals surface area (Å²) in [6.45, 7) is 4.79. The number of rotatable bonds is 13. The molecule has 2 amide bonds. The summed E-state index contributed by atoms with van der Waals surface area (Å²) >= 11 is 0. The van der Waals surface area contributed by atoms with Crippen molar-refractivity contribution in [3.63, 3.8) is 0 Å². The highest BCUT2D eigenvalue weighted by Gasteiger charge is 2.29. The van der Waals surface area contributed by atoms with E-state index >= 15 is 0 Å². The van der Waals surface area contributed by atoms with Crippen LogP contribution in [0.4, 0.5) is 4.79 Å². The summed E-state index contributed by atoms with van der Waals surface area (Å²) in [4.78, 5) is 35.9. The van der Waals surface area contributed by atoms with Crippen LogP contribution in [0.2, 0.25) is 0 Å². The molecule has 0 saturated heterocycles. The summed E-state index contributed by atoms with van der Waals surface area (Å²) in [5.74, 6) is -0.941. The molecule has 1 atom stereocenters. The van der Waals surface area contributed by atoms with Crippen LogP contribution >= 0.6 is 0 Å². The number of benzene rings is 2. The molecule has 0 saturated carbocycles. The van der Waals surface area contributed by atoms with E-state index in [2.05, 4.69) is 48.7 Å². The lowest BCUT2D eigenvalue weighted by molar-refractivity contribution is -0.138. The van der Waals surface area contributed by atoms with Gasteiger partial charge in [-0.1, -0.05) is 62.4 Å². The van der Waals surface area contributed by atoms with Crippen molar-refractivity contribution >= 4 is 18.0 Å². The van der Waals surface area contributed by atoms with Crippen LogP contribution in [0.1, 0.15) is 50.2 Å². The Morgan fingerprint density at radius 3 is 2.17 bits per heavy atom. The second kappa shape index (κ2) is 12.9. The first-order valence-corrected chi connectivity index (χ1v) is 12.1. The monoisotopic (exact) mass is 482 g/mol. The number of ether oxygens (including phenoxy) is 2. The van der Waals surface area contributed by atoms with Gasteiger partial charge in [0.2, 0.25) is 5.91 Å². The molecule has 2 aromatic rings. The molecule has 0 aliphatic heterocycles. The van der Waals surface area contributed by atoms with Gasteiger partial charge in [0.1, 0.15) is 12.6 Å². The van der Waals surface area contributed by atoms with Crippen molar-refractivity contribution < 1.29 is 29.0 Å². The molecule has 0 bridgehead atoms. The fourth-order valence-corrected chi connectivity index (χ4v) is 4.18. The number of carboxylic acids is 1. The molecule has 0 spiro atoms. The maximum Gasteiger partial charge on any atom is 0.407 e. The molecule has 8 heteroatoms. The summed E-state index contributed by atoms with van der Waals surface area (Å²) < 4.78 is 10.8. The number of hydrogen-bond donors (Lipinski definition) is 3. The van der Waals surface area contributed by atoms with Gasteiger partial charge in [0, 0.05) is 12.5 Å². The third kappa shape index (κ3) is 7.55. The van der Waals surface area contributed by atoms with Crippen LogP contribution in [0.25, 0.3) is 11.1 Å². The Hall–Kier alpha value is -3.39. The largest absolute Gasteiger partial charge is 0.481 e. The third-order valence-corrected chi connectivity index (χ3v) is 5.99. The predicted molar refractivity (Wildman–Crippen MR) is 132 cm³/mol. The summed E-state index contributed by atoms with van der Waals surface area (Å²) in [6, 6.07) is 15.5. The first-order chi connectivity index (χ1) is 16.9. The van der Waals surface area contributed by atoms with E-state index in [4.69, 9.17) is 14.6 Å². The Morgan fingerprint density at radius 2 is 1.57 bits per heavy atom. The lowest BCUT2D eigenvalue weighted by Gasteiger charge is -2.20. The fourth-order valence-electron chi connectivity index (χ4n) is 4.18. The van der Waals surface area contributed by atoms with Gasteiger partial charge in [-0.25, -0.2) is 4.79 Å². The maximum absolute atomic E-state index is 12.7. The standard InChI is InChI=1S/C27H34N2O6/c1-18(2)11-12-24(26(32)28-14-16-34-15-13-25(30)31)29-27(33)35-17-23-21-9-5-3-7-19(21)20-8-4-6-10-22(20)23/h3-10,18,23-24H,11-17H2,1-2H3,(H,28,32)(H,29,33)(H,30,31). The summed E-state index contributed by atoms with van der Waals surface area (Å²) in [5, 5.41) is 14.1. The van der Waals surface area contributed by atoms with Gasteiger partial charge in [-0.15, -0.1) is 0 Å². The Bertz CT molecular complexity index is 977. The second-order valence-corrected chi connectivity index (χ2v) is 9.04. The molecule has 0 fully saturated rings. The zero-order valence-corrected chi connectivity index (χ0v) is 20.3. The minimum absolute atomic E-state index is 0.0564. The molecule has 0 heterocycles. The first-order valence-electron chi connectivity index (χ1n) is 12.1. The topological polar surface area (TPSA) is 114 Å². The van der Waals surface area contributed by atoms with Crippen LogP contribution in [0.5, 0.6) is 0 Å². The van der Waals surface area contributed by atoms with E-state index in [-0.39, 0.29) is 44.6 Å². The fraction of sp³-hybridized carbons (Fsp3) is 0.444. The third-order valence-electron chi connectivity index (χ3n) is 5.99. The van der Waals surface area contributed by atoms with Gasteiger partial charge in [-0.05, 0) is 41.0 Å². The van der Waals surface area contributed by atoms with Crippen LogP contribution in [0.15, 0.2) is 48.5 Å². The molecule has 0 aromatic heterocycles. The van der Waals surface area contributed by atoms with Gasteiger partial charge in [0.05, 0.1) is 19.6 Å². The first kappa shape index (κ1) is 26.2. The summed E-state index contributed by atoms with van der Waals surface area (Å²) in [6.07, 6.45) is 0.520. The van der Waals surface area contributed by atoms with E-state index in [9.17, 15) is 14.4 Å². The zero-order chi connectivity index (χ0) is 25.2. The minimum atomic E-state index is -0.935. The molecular weight excluding hydrogens is 448 g/mol. The highest BCUT2D eigenvalue weighted by molar-refractivity contribution is 5.85. The molecule has 3 N–H and O–H groups in total. The summed E-state index contributed by atoms with van der Waals surface area (Å²) in [5.41, 5.74) is 4.55. The Morgan fingerprint density at radius 1 is 0.943 bits per heavy atom. The van der Waals surface area contributed by atoms with Crippen LogP contribution < -0.4 is 10.6 Å². The molecule has 3 rings (SSSR count). The highest BCUT2D eigenvalue weighted by atomic mass is 16.5. The molecule has 1 aliphatic carbocycles. The van der Waals surface area contributed by atoms with Crippen molar-refractivity contribution in [2.24, 2.45) is 5.92 Å². The van der Waals surface area contributed by atoms with Crippen molar-refractivity contribution in [2.75, 3.05) is 26.4 Å². The van der Waals surface area contributed by atoms with Gasteiger partial charge in [0.25, 0.3) is 0 Å². The highest BCUT2D eigenvalue weighted by Crippen LogP contribution is 2.44. The average Bonchev–Trinajstić information content (AvgIpc) is 3.16. The Kier molecular flexibility index (Phi) is 9.66. The number of carboxylic acid groups (broad SMARTS) is 1. The van der Waals surface area contributed by atoms with Crippen molar-refractivity contribution in [1.29, 1.82) is 0 Å². The molecule has 1 aliphatic rings. The van der Waals surface area contributed by atoms with Gasteiger partial charge >= 0.3 is 12.1 Å². The lowest BCUT2D eigenvalue weighted by atomic mass is 9.98. The van der Waals surface area contributed by atoms with E-state index in [1.807, 2.05) is 24.3 Å². The number of nitrogens with one attached hydrogen (secondary N) is 2. The number of carbonyl (C=O) groups excluding carboxylic acids is 2. The molecule has 0 radical (unpaired) electrons. The van der Waals surface area contributed by atoms with Crippen LogP contribution in [0.3, 0.4) is 0 Å². The van der Waals surface area contributed by atoms with E-state index in [0.29, 0.717) is 12.3 Å². The summed E-state index contributed by atoms with van der Waals surface area (Å²) in [7, 11) is 0. The Labute approximate surface area is 206 Å². The number of fused-ring (bicyclic) bond motifs is 3. The van der Waals surface area contributed by atoms with Crippen molar-refractivity contribution in [3.05, 3.63) is 59.7 Å². The smallest absolute Gasteiger partial charge is 0.407 e. The zero-order valence-electron chi connectivity index (χ0n) is 20.3. The predicted octanol–water partition coefficient (Wildman–Crippen LogP) is 3.94. The van der Waals surface area contributed by atoms with Crippen LogP contribution in [-0.2, 0) is 19.1 Å². The number of amides is 2. The van der Waals surface area contributed by atoms with E-state index in [0.717, 1.165) is 28.7 Å².